The number of hydrogen-bond donors (Lipinski definition) is 3. The van der Waals surface area contributed by atoms with E-state index in [1.54, 1.807) is 17.5 Å². The van der Waals surface area contributed by atoms with Crippen LogP contribution in [0.1, 0.15) is 20.2 Å². The number of carbonyl (C=O) groups is 2. The van der Waals surface area contributed by atoms with E-state index < -0.39 is 12.0 Å². The van der Waals surface area contributed by atoms with Gasteiger partial charge >= 0.3 is 18.0 Å². The van der Waals surface area contributed by atoms with Crippen LogP contribution in [0.15, 0.2) is 17.5 Å². The van der Waals surface area contributed by atoms with Gasteiger partial charge < -0.3 is 24.8 Å². The Morgan fingerprint density at radius 2 is 2.03 bits per heavy atom. The molecule has 1 aliphatic heterocycles. The number of carbonyl (C=O) groups excluding carboxylic acids is 1. The van der Waals surface area contributed by atoms with E-state index in [9.17, 15) is 9.59 Å². The molecule has 3 aromatic rings. The lowest BCUT2D eigenvalue weighted by atomic mass is 10.2. The zero-order valence-electron chi connectivity index (χ0n) is 16.5. The number of methoxy groups -OCH3 is 2. The predicted molar refractivity (Wildman–Crippen MR) is 116 cm³/mol. The number of ether oxygens (including phenoxy) is 2. The zero-order valence-corrected chi connectivity index (χ0v) is 18.2. The molecule has 4 rings (SSSR count). The summed E-state index contributed by atoms with van der Waals surface area (Å²) in [5.74, 6) is -0.00751. The predicted octanol–water partition coefficient (Wildman–Crippen LogP) is 2.92. The number of urea groups is 1. The maximum atomic E-state index is 12.3. The van der Waals surface area contributed by atoms with Gasteiger partial charge in [0, 0.05) is 23.9 Å². The Morgan fingerprint density at radius 3 is 2.77 bits per heavy atom. The molecular weight excluding hydrogens is 444 g/mol. The summed E-state index contributed by atoms with van der Waals surface area (Å²) in [5.41, 5.74) is 1.15. The summed E-state index contributed by atoms with van der Waals surface area (Å²) >= 11 is 2.40. The van der Waals surface area contributed by atoms with Crippen LogP contribution in [-0.2, 0) is 13.0 Å². The third kappa shape index (κ3) is 4.51. The molecule has 0 saturated carbocycles. The minimum atomic E-state index is -1.09. The van der Waals surface area contributed by atoms with Crippen molar-refractivity contribution >= 4 is 51.3 Å². The van der Waals surface area contributed by atoms with Gasteiger partial charge in [-0.15, -0.1) is 11.3 Å². The zero-order chi connectivity index (χ0) is 22.0. The summed E-state index contributed by atoms with van der Waals surface area (Å²) in [4.78, 5) is 39.6. The van der Waals surface area contributed by atoms with Crippen molar-refractivity contribution < 1.29 is 24.2 Å². The van der Waals surface area contributed by atoms with E-state index in [1.165, 1.54) is 25.6 Å². The molecular formula is C18H18N6O5S2. The Balaban J connectivity index is 1.45. The third-order valence-corrected chi connectivity index (χ3v) is 6.34. The Bertz CT molecular complexity index is 1110. The lowest BCUT2D eigenvalue weighted by molar-refractivity contribution is 0.0703. The van der Waals surface area contributed by atoms with Crippen molar-refractivity contribution in [3.63, 3.8) is 0 Å². The lowest BCUT2D eigenvalue weighted by Crippen LogP contribution is -2.30. The largest absolute Gasteiger partial charge is 0.481 e. The van der Waals surface area contributed by atoms with Gasteiger partial charge in [-0.05, 0) is 11.4 Å². The van der Waals surface area contributed by atoms with E-state index in [4.69, 9.17) is 14.6 Å². The van der Waals surface area contributed by atoms with E-state index in [-0.39, 0.29) is 16.6 Å². The first-order valence-corrected chi connectivity index (χ1v) is 10.8. The highest BCUT2D eigenvalue weighted by molar-refractivity contribution is 7.16. The molecule has 0 atom stereocenters. The van der Waals surface area contributed by atoms with Crippen molar-refractivity contribution in [3.05, 3.63) is 33.0 Å². The number of amides is 2. The Morgan fingerprint density at radius 1 is 1.19 bits per heavy atom. The summed E-state index contributed by atoms with van der Waals surface area (Å²) in [7, 11) is 3.02. The summed E-state index contributed by atoms with van der Waals surface area (Å²) in [5, 5.41) is 16.4. The number of nitrogens with zero attached hydrogens (tertiary/aromatic N) is 4. The number of rotatable bonds is 6. The Hall–Kier alpha value is -3.45. The summed E-state index contributed by atoms with van der Waals surface area (Å²) in [6.07, 6.45) is 0.678. The molecule has 13 heteroatoms. The van der Waals surface area contributed by atoms with Crippen LogP contribution in [-0.4, -0.2) is 52.8 Å². The molecule has 3 N–H and O–H groups in total. The van der Waals surface area contributed by atoms with Crippen molar-refractivity contribution in [2.75, 3.05) is 36.3 Å². The smallest absolute Gasteiger partial charge is 0.348 e. The van der Waals surface area contributed by atoms with Gasteiger partial charge in [-0.25, -0.2) is 14.6 Å². The maximum absolute atomic E-state index is 12.3. The van der Waals surface area contributed by atoms with Gasteiger partial charge in [0.1, 0.15) is 10.7 Å². The second-order valence-corrected chi connectivity index (χ2v) is 8.36. The van der Waals surface area contributed by atoms with Gasteiger partial charge in [0.05, 0.1) is 32.1 Å². The van der Waals surface area contributed by atoms with E-state index in [2.05, 4.69) is 30.5 Å². The second kappa shape index (κ2) is 8.73. The summed E-state index contributed by atoms with van der Waals surface area (Å²) in [6.45, 7) is 1.25. The highest BCUT2D eigenvalue weighted by Crippen LogP contribution is 2.32. The molecule has 3 aromatic heterocycles. The topological polar surface area (TPSA) is 139 Å². The standard InChI is InChI=1S/C18H18N6O5S2/c1-28-13-7-12(21-17(22-13)29-2)24-5-3-9-11(8-24)31-18(20-9)23-16(27)19-10-4-6-30-14(10)15(25)26/h4,6-7H,3,5,8H2,1-2H3,(H,25,26)(H2,19,20,23,27). The molecule has 0 radical (unpaired) electrons. The lowest BCUT2D eigenvalue weighted by Gasteiger charge is -2.27. The molecule has 0 aromatic carbocycles. The summed E-state index contributed by atoms with van der Waals surface area (Å²) in [6, 6.07) is 2.96. The molecule has 0 unspecified atom stereocenters. The van der Waals surface area contributed by atoms with Crippen LogP contribution in [0.2, 0.25) is 0 Å². The van der Waals surface area contributed by atoms with Crippen LogP contribution < -0.4 is 25.0 Å². The molecule has 0 aliphatic carbocycles. The number of fused-ring (bicyclic) bond motifs is 1. The van der Waals surface area contributed by atoms with Crippen molar-refractivity contribution in [2.24, 2.45) is 0 Å². The molecule has 2 amide bonds. The SMILES string of the molecule is COc1cc(N2CCc3nc(NC(=O)Nc4ccsc4C(=O)O)sc3C2)nc(OC)n1. The Kier molecular flexibility index (Phi) is 5.86. The Labute approximate surface area is 184 Å². The van der Waals surface area contributed by atoms with E-state index in [0.717, 1.165) is 21.9 Å². The first kappa shape index (κ1) is 20.8. The average Bonchev–Trinajstić information content (AvgIpc) is 3.38. The van der Waals surface area contributed by atoms with Gasteiger partial charge in [0.2, 0.25) is 5.88 Å². The van der Waals surface area contributed by atoms with Crippen LogP contribution in [0.5, 0.6) is 11.9 Å². The molecule has 0 bridgehead atoms. The van der Waals surface area contributed by atoms with Gasteiger partial charge in [0.25, 0.3) is 0 Å². The number of nitrogens with one attached hydrogen (secondary N) is 2. The van der Waals surface area contributed by atoms with Gasteiger partial charge in [0.15, 0.2) is 5.13 Å². The van der Waals surface area contributed by atoms with Crippen molar-refractivity contribution in [1.29, 1.82) is 0 Å². The maximum Gasteiger partial charge on any atom is 0.348 e. The molecule has 4 heterocycles. The number of thiazole rings is 1. The average molecular weight is 463 g/mol. The first-order valence-electron chi connectivity index (χ1n) is 9.06. The highest BCUT2D eigenvalue weighted by Gasteiger charge is 2.24. The minimum Gasteiger partial charge on any atom is -0.481 e. The van der Waals surface area contributed by atoms with Crippen molar-refractivity contribution in [3.8, 4) is 11.9 Å². The van der Waals surface area contributed by atoms with Crippen LogP contribution in [0.4, 0.5) is 21.4 Å². The number of carboxylic acid groups (broad SMARTS) is 1. The van der Waals surface area contributed by atoms with Crippen LogP contribution in [0.3, 0.4) is 0 Å². The number of anilines is 3. The van der Waals surface area contributed by atoms with Crippen LogP contribution in [0, 0.1) is 0 Å². The number of aromatic carboxylic acids is 1. The van der Waals surface area contributed by atoms with Crippen LogP contribution >= 0.6 is 22.7 Å². The highest BCUT2D eigenvalue weighted by atomic mass is 32.1. The van der Waals surface area contributed by atoms with Crippen molar-refractivity contribution in [2.45, 2.75) is 13.0 Å². The number of thiophene rings is 1. The second-order valence-electron chi connectivity index (χ2n) is 6.36. The minimum absolute atomic E-state index is 0.0694. The molecule has 0 fully saturated rings. The quantitative estimate of drug-likeness (QED) is 0.504. The van der Waals surface area contributed by atoms with E-state index >= 15 is 0 Å². The molecule has 1 aliphatic rings. The monoisotopic (exact) mass is 462 g/mol. The number of aromatic nitrogens is 3. The number of carboxylic acids is 1. The molecule has 0 spiro atoms. The molecule has 31 heavy (non-hydrogen) atoms. The molecule has 0 saturated heterocycles. The normalized spacial score (nSPS) is 12.8. The van der Waals surface area contributed by atoms with Crippen molar-refractivity contribution in [1.82, 2.24) is 15.0 Å². The van der Waals surface area contributed by atoms with Gasteiger partial charge in [-0.1, -0.05) is 11.3 Å². The van der Waals surface area contributed by atoms with Gasteiger partial charge in [-0.2, -0.15) is 9.97 Å². The van der Waals surface area contributed by atoms with Crippen LogP contribution in [0.25, 0.3) is 0 Å². The van der Waals surface area contributed by atoms with Gasteiger partial charge in [-0.3, -0.25) is 5.32 Å². The van der Waals surface area contributed by atoms with E-state index in [1.807, 2.05) is 0 Å². The fourth-order valence-electron chi connectivity index (χ4n) is 3.02. The molecule has 162 valence electrons. The third-order valence-electron chi connectivity index (χ3n) is 4.44. The fraction of sp³-hybridized carbons (Fsp3) is 0.278. The fourth-order valence-corrected chi connectivity index (χ4v) is 4.72. The first-order chi connectivity index (χ1) is 15.0. The van der Waals surface area contributed by atoms with E-state index in [0.29, 0.717) is 36.3 Å². The summed E-state index contributed by atoms with van der Waals surface area (Å²) < 4.78 is 10.4. The number of hydrogen-bond acceptors (Lipinski definition) is 10. The molecule has 11 nitrogen and oxygen atoms in total.